The third-order valence-corrected chi connectivity index (χ3v) is 1.54. The van der Waals surface area contributed by atoms with Gasteiger partial charge in [0.05, 0.1) is 12.1 Å². The Bertz CT molecular complexity index is 443. The molecule has 0 N–H and O–H groups in total. The van der Waals surface area contributed by atoms with Crippen LogP contribution in [0.2, 0.25) is 0 Å². The van der Waals surface area contributed by atoms with Gasteiger partial charge in [-0.1, -0.05) is 5.11 Å². The second kappa shape index (κ2) is 4.21. The summed E-state index contributed by atoms with van der Waals surface area (Å²) in [6, 6.07) is 3.18. The highest BCUT2D eigenvalue weighted by Crippen LogP contribution is 2.15. The molecule has 1 aromatic rings. The molecule has 4 nitrogen and oxygen atoms in total. The van der Waals surface area contributed by atoms with E-state index >= 15 is 0 Å². The maximum Gasteiger partial charge on any atom is 0.144 e. The van der Waals surface area contributed by atoms with E-state index in [1.54, 1.807) is 0 Å². The zero-order valence-electron chi connectivity index (χ0n) is 6.91. The van der Waals surface area contributed by atoms with Crippen molar-refractivity contribution in [2.75, 3.05) is 0 Å². The molecule has 6 heteroatoms. The van der Waals surface area contributed by atoms with E-state index in [0.29, 0.717) is 0 Å². The Morgan fingerprint density at radius 2 is 2.21 bits per heavy atom. The molecule has 0 atom stereocenters. The van der Waals surface area contributed by atoms with Crippen molar-refractivity contribution in [2.45, 2.75) is 6.54 Å². The molecule has 0 unspecified atom stereocenters. The molecule has 0 saturated heterocycles. The van der Waals surface area contributed by atoms with Crippen LogP contribution in [0.15, 0.2) is 17.2 Å². The van der Waals surface area contributed by atoms with Gasteiger partial charge >= 0.3 is 0 Å². The predicted molar refractivity (Wildman–Crippen MR) is 43.9 cm³/mol. The average Bonchev–Trinajstić information content (AvgIpc) is 2.18. The fourth-order valence-corrected chi connectivity index (χ4v) is 0.950. The Balaban J connectivity index is 3.23. The summed E-state index contributed by atoms with van der Waals surface area (Å²) in [6.45, 7) is -0.311. The van der Waals surface area contributed by atoms with Gasteiger partial charge in [0, 0.05) is 4.91 Å². The molecule has 0 aliphatic carbocycles. The summed E-state index contributed by atoms with van der Waals surface area (Å²) in [6.07, 6.45) is 0. The lowest BCUT2D eigenvalue weighted by molar-refractivity contribution is 0.582. The Morgan fingerprint density at radius 1 is 1.50 bits per heavy atom. The van der Waals surface area contributed by atoms with E-state index in [1.807, 2.05) is 0 Å². The number of hydrogen-bond donors (Lipinski definition) is 0. The fourth-order valence-electron chi connectivity index (χ4n) is 0.950. The Kier molecular flexibility index (Phi) is 3.00. The smallest absolute Gasteiger partial charge is 0.144 e. The summed E-state index contributed by atoms with van der Waals surface area (Å²) < 4.78 is 26.0. The lowest BCUT2D eigenvalue weighted by Gasteiger charge is -2.00. The predicted octanol–water partition coefficient (Wildman–Crippen LogP) is 2.65. The van der Waals surface area contributed by atoms with Crippen LogP contribution in [0.1, 0.15) is 11.1 Å². The molecular weight excluding hydrogens is 190 g/mol. The number of nitriles is 1. The second-order valence-corrected chi connectivity index (χ2v) is 2.43. The van der Waals surface area contributed by atoms with Gasteiger partial charge in [-0.2, -0.15) is 5.26 Å². The van der Waals surface area contributed by atoms with Gasteiger partial charge in [-0.05, 0) is 23.2 Å². The molecule has 0 heterocycles. The van der Waals surface area contributed by atoms with Crippen molar-refractivity contribution in [1.29, 1.82) is 5.26 Å². The molecule has 0 bridgehead atoms. The van der Waals surface area contributed by atoms with Crippen molar-refractivity contribution in [2.24, 2.45) is 5.11 Å². The fraction of sp³-hybridized carbons (Fsp3) is 0.125. The molecule has 14 heavy (non-hydrogen) atoms. The van der Waals surface area contributed by atoms with Crippen LogP contribution < -0.4 is 0 Å². The number of nitrogens with zero attached hydrogens (tertiary/aromatic N) is 4. The molecule has 0 radical (unpaired) electrons. The van der Waals surface area contributed by atoms with Crippen molar-refractivity contribution in [3.8, 4) is 6.07 Å². The molecule has 1 rings (SSSR count). The Morgan fingerprint density at radius 3 is 2.79 bits per heavy atom. The van der Waals surface area contributed by atoms with Crippen LogP contribution in [0.4, 0.5) is 8.78 Å². The van der Waals surface area contributed by atoms with E-state index in [0.717, 1.165) is 12.1 Å². The van der Waals surface area contributed by atoms with Gasteiger partial charge in [0.15, 0.2) is 0 Å². The van der Waals surface area contributed by atoms with E-state index in [1.165, 1.54) is 6.07 Å². The van der Waals surface area contributed by atoms with Crippen LogP contribution >= 0.6 is 0 Å². The summed E-state index contributed by atoms with van der Waals surface area (Å²) in [5.41, 5.74) is 7.47. The highest BCUT2D eigenvalue weighted by molar-refractivity contribution is 5.35. The first-order valence-corrected chi connectivity index (χ1v) is 3.58. The molecule has 0 fully saturated rings. The lowest BCUT2D eigenvalue weighted by atomic mass is 10.1. The van der Waals surface area contributed by atoms with Crippen molar-refractivity contribution in [3.63, 3.8) is 0 Å². The third kappa shape index (κ3) is 1.97. The van der Waals surface area contributed by atoms with Gasteiger partial charge < -0.3 is 0 Å². The first-order valence-electron chi connectivity index (χ1n) is 3.58. The van der Waals surface area contributed by atoms with Crippen LogP contribution in [0, 0.1) is 23.0 Å². The topological polar surface area (TPSA) is 72.5 Å². The van der Waals surface area contributed by atoms with Gasteiger partial charge in [-0.15, -0.1) is 0 Å². The SMILES string of the molecule is N#Cc1cc(F)cc(CN=[N+]=[N-])c1F. The first kappa shape index (κ1) is 9.96. The summed E-state index contributed by atoms with van der Waals surface area (Å²) in [5, 5.41) is 11.5. The summed E-state index contributed by atoms with van der Waals surface area (Å²) in [5.74, 6) is -1.58. The van der Waals surface area contributed by atoms with E-state index in [4.69, 9.17) is 10.8 Å². The highest BCUT2D eigenvalue weighted by atomic mass is 19.1. The minimum absolute atomic E-state index is 0.126. The van der Waals surface area contributed by atoms with Gasteiger partial charge in [-0.25, -0.2) is 8.78 Å². The van der Waals surface area contributed by atoms with Crippen LogP contribution in [0.3, 0.4) is 0 Å². The Hall–Kier alpha value is -2.12. The third-order valence-electron chi connectivity index (χ3n) is 1.54. The maximum absolute atomic E-state index is 13.2. The minimum Gasteiger partial charge on any atom is -0.207 e. The molecule has 0 amide bonds. The number of halogens is 2. The highest BCUT2D eigenvalue weighted by Gasteiger charge is 2.09. The average molecular weight is 194 g/mol. The summed E-state index contributed by atoms with van der Waals surface area (Å²) in [4.78, 5) is 2.41. The molecule has 0 aromatic heterocycles. The number of benzene rings is 1. The molecule has 0 saturated carbocycles. The molecule has 0 aliphatic heterocycles. The zero-order valence-corrected chi connectivity index (χ0v) is 6.91. The number of rotatable bonds is 2. The Labute approximate surface area is 78.0 Å². The minimum atomic E-state index is -0.846. The maximum atomic E-state index is 13.2. The second-order valence-electron chi connectivity index (χ2n) is 2.43. The van der Waals surface area contributed by atoms with E-state index in [2.05, 4.69) is 10.0 Å². The zero-order chi connectivity index (χ0) is 10.6. The normalized spacial score (nSPS) is 8.93. The van der Waals surface area contributed by atoms with E-state index in [9.17, 15) is 8.78 Å². The van der Waals surface area contributed by atoms with Crippen molar-refractivity contribution >= 4 is 0 Å². The van der Waals surface area contributed by atoms with Gasteiger partial charge in [-0.3, -0.25) is 0 Å². The quantitative estimate of drug-likeness (QED) is 0.405. The molecular formula is C8H4F2N4. The van der Waals surface area contributed by atoms with Crippen LogP contribution in [-0.2, 0) is 6.54 Å². The lowest BCUT2D eigenvalue weighted by Crippen LogP contribution is -1.94. The summed E-state index contributed by atoms with van der Waals surface area (Å²) in [7, 11) is 0. The van der Waals surface area contributed by atoms with Gasteiger partial charge in [0.2, 0.25) is 0 Å². The van der Waals surface area contributed by atoms with E-state index < -0.39 is 17.2 Å². The first-order chi connectivity index (χ1) is 6.69. The van der Waals surface area contributed by atoms with Crippen molar-refractivity contribution < 1.29 is 8.78 Å². The van der Waals surface area contributed by atoms with Crippen molar-refractivity contribution in [3.05, 3.63) is 45.3 Å². The van der Waals surface area contributed by atoms with Crippen LogP contribution in [-0.4, -0.2) is 0 Å². The molecule has 0 spiro atoms. The monoisotopic (exact) mass is 194 g/mol. The number of hydrogen-bond acceptors (Lipinski definition) is 2. The van der Waals surface area contributed by atoms with E-state index in [-0.39, 0.29) is 12.1 Å². The van der Waals surface area contributed by atoms with Crippen LogP contribution in [0.5, 0.6) is 0 Å². The van der Waals surface area contributed by atoms with Gasteiger partial charge in [0.25, 0.3) is 0 Å². The summed E-state index contributed by atoms with van der Waals surface area (Å²) >= 11 is 0. The standard InChI is InChI=1S/C8H4F2N4/c9-7-1-5(3-11)8(10)6(2-7)4-13-14-12/h1-2H,4H2. The van der Waals surface area contributed by atoms with Crippen molar-refractivity contribution in [1.82, 2.24) is 0 Å². The number of azide groups is 1. The molecule has 0 aliphatic rings. The largest absolute Gasteiger partial charge is 0.207 e. The molecule has 1 aromatic carbocycles. The van der Waals surface area contributed by atoms with Gasteiger partial charge in [0.1, 0.15) is 17.7 Å². The molecule has 70 valence electrons. The van der Waals surface area contributed by atoms with Crippen LogP contribution in [0.25, 0.3) is 10.4 Å².